The van der Waals surface area contributed by atoms with Crippen LogP contribution < -0.4 is 4.90 Å². The van der Waals surface area contributed by atoms with Crippen LogP contribution in [0.2, 0.25) is 0 Å². The van der Waals surface area contributed by atoms with Gasteiger partial charge in [0.1, 0.15) is 5.82 Å². The van der Waals surface area contributed by atoms with Gasteiger partial charge in [-0.25, -0.2) is 4.39 Å². The summed E-state index contributed by atoms with van der Waals surface area (Å²) < 4.78 is 13.2. The summed E-state index contributed by atoms with van der Waals surface area (Å²) in [5.74, 6) is -1.30. The van der Waals surface area contributed by atoms with Crippen molar-refractivity contribution in [1.29, 1.82) is 0 Å². The molecule has 0 N–H and O–H groups in total. The molecule has 1 amide bonds. The van der Waals surface area contributed by atoms with E-state index in [1.807, 2.05) is 0 Å². The number of hydrogen-bond acceptors (Lipinski definition) is 2. The molecule has 0 bridgehead atoms. The Morgan fingerprint density at radius 3 is 2.60 bits per heavy atom. The van der Waals surface area contributed by atoms with Crippen LogP contribution >= 0.6 is 15.9 Å². The third-order valence-electron chi connectivity index (χ3n) is 2.26. The summed E-state index contributed by atoms with van der Waals surface area (Å²) in [6, 6.07) is 4.23. The molecule has 0 aliphatic carbocycles. The third kappa shape index (κ3) is 1.79. The molecule has 78 valence electrons. The molecule has 0 unspecified atom stereocenters. The summed E-state index contributed by atoms with van der Waals surface area (Å²) in [5, 5.41) is 0. The van der Waals surface area contributed by atoms with Crippen LogP contribution in [0.5, 0.6) is 0 Å². The van der Waals surface area contributed by atoms with Crippen molar-refractivity contribution in [2.24, 2.45) is 0 Å². The second-order valence-electron chi connectivity index (χ2n) is 3.23. The molecule has 1 heterocycles. The van der Waals surface area contributed by atoms with E-state index in [9.17, 15) is 14.0 Å². The lowest BCUT2D eigenvalue weighted by Gasteiger charge is -2.14. The maximum Gasteiger partial charge on any atom is 0.294 e. The molecule has 1 aliphatic heterocycles. The first-order valence-corrected chi connectivity index (χ1v) is 5.18. The highest BCUT2D eigenvalue weighted by Gasteiger charge is 2.30. The summed E-state index contributed by atoms with van der Waals surface area (Å²) in [6.45, 7) is 0.371. The van der Waals surface area contributed by atoms with Crippen molar-refractivity contribution in [2.75, 3.05) is 11.4 Å². The zero-order chi connectivity index (χ0) is 11.0. The van der Waals surface area contributed by atoms with Crippen LogP contribution in [0.3, 0.4) is 0 Å². The Morgan fingerprint density at radius 1 is 1.33 bits per heavy atom. The largest absolute Gasteiger partial charge is 0.305 e. The van der Waals surface area contributed by atoms with Gasteiger partial charge in [0.05, 0.1) is 4.47 Å². The van der Waals surface area contributed by atoms with Gasteiger partial charge in [-0.1, -0.05) is 0 Å². The first-order chi connectivity index (χ1) is 7.09. The quantitative estimate of drug-likeness (QED) is 0.732. The highest BCUT2D eigenvalue weighted by molar-refractivity contribution is 9.10. The molecule has 5 heteroatoms. The van der Waals surface area contributed by atoms with Gasteiger partial charge in [0.25, 0.3) is 5.91 Å². The smallest absolute Gasteiger partial charge is 0.294 e. The average molecular weight is 272 g/mol. The predicted octanol–water partition coefficient (Wildman–Crippen LogP) is 1.89. The first-order valence-electron chi connectivity index (χ1n) is 4.39. The standard InChI is InChI=1S/C10H7BrFNO2/c11-7-5-6(1-2-8(7)12)13-4-3-9(14)10(13)15/h1-2,5H,3-4H2. The minimum atomic E-state index is -0.520. The molecule has 1 aromatic rings. The summed E-state index contributed by atoms with van der Waals surface area (Å²) in [4.78, 5) is 23.8. The summed E-state index contributed by atoms with van der Waals surface area (Å²) in [7, 11) is 0. The Labute approximate surface area is 94.0 Å². The van der Waals surface area contributed by atoms with Crippen molar-refractivity contribution in [3.8, 4) is 0 Å². The van der Waals surface area contributed by atoms with Crippen molar-refractivity contribution >= 4 is 33.3 Å². The molecular formula is C10H7BrFNO2. The van der Waals surface area contributed by atoms with Crippen molar-refractivity contribution in [2.45, 2.75) is 6.42 Å². The van der Waals surface area contributed by atoms with E-state index in [4.69, 9.17) is 0 Å². The number of nitrogens with zero attached hydrogens (tertiary/aromatic N) is 1. The lowest BCUT2D eigenvalue weighted by Crippen LogP contribution is -2.26. The van der Waals surface area contributed by atoms with Gasteiger partial charge in [-0.15, -0.1) is 0 Å². The van der Waals surface area contributed by atoms with Gasteiger partial charge in [0, 0.05) is 18.7 Å². The molecule has 3 nitrogen and oxygen atoms in total. The maximum absolute atomic E-state index is 12.9. The predicted molar refractivity (Wildman–Crippen MR) is 56.1 cm³/mol. The molecular weight excluding hydrogens is 265 g/mol. The van der Waals surface area contributed by atoms with Crippen LogP contribution in [0.1, 0.15) is 6.42 Å². The zero-order valence-corrected chi connectivity index (χ0v) is 9.25. The van der Waals surface area contributed by atoms with Crippen molar-refractivity contribution in [3.05, 3.63) is 28.5 Å². The van der Waals surface area contributed by atoms with Crippen molar-refractivity contribution in [3.63, 3.8) is 0 Å². The molecule has 0 atom stereocenters. The third-order valence-corrected chi connectivity index (χ3v) is 2.87. The molecule has 0 saturated carbocycles. The van der Waals surface area contributed by atoms with Crippen LogP contribution in [0.4, 0.5) is 10.1 Å². The molecule has 2 rings (SSSR count). The van der Waals surface area contributed by atoms with Gasteiger partial charge in [0.2, 0.25) is 5.78 Å². The molecule has 1 aromatic carbocycles. The lowest BCUT2D eigenvalue weighted by atomic mass is 10.3. The Balaban J connectivity index is 2.34. The van der Waals surface area contributed by atoms with Gasteiger partial charge in [-0.05, 0) is 34.1 Å². The number of ketones is 1. The lowest BCUT2D eigenvalue weighted by molar-refractivity contribution is -0.133. The fourth-order valence-electron chi connectivity index (χ4n) is 1.47. The van der Waals surface area contributed by atoms with Gasteiger partial charge < -0.3 is 4.90 Å². The van der Waals surface area contributed by atoms with Crippen LogP contribution in [0.15, 0.2) is 22.7 Å². The van der Waals surface area contributed by atoms with Gasteiger partial charge in [-0.3, -0.25) is 9.59 Å². The first kappa shape index (κ1) is 10.3. The molecule has 1 fully saturated rings. The Hall–Kier alpha value is -1.23. The van der Waals surface area contributed by atoms with E-state index in [-0.39, 0.29) is 10.9 Å². The minimum absolute atomic E-state index is 0.230. The number of benzene rings is 1. The topological polar surface area (TPSA) is 37.4 Å². The zero-order valence-electron chi connectivity index (χ0n) is 7.67. The average Bonchev–Trinajstić information content (AvgIpc) is 2.53. The number of halogens is 2. The van der Waals surface area contributed by atoms with Crippen molar-refractivity contribution < 1.29 is 14.0 Å². The van der Waals surface area contributed by atoms with E-state index in [0.717, 1.165) is 0 Å². The van der Waals surface area contributed by atoms with E-state index in [0.29, 0.717) is 12.2 Å². The van der Waals surface area contributed by atoms with E-state index >= 15 is 0 Å². The summed E-state index contributed by atoms with van der Waals surface area (Å²) >= 11 is 3.03. The van der Waals surface area contributed by atoms with Crippen LogP contribution in [-0.4, -0.2) is 18.2 Å². The van der Waals surface area contributed by atoms with Crippen molar-refractivity contribution in [1.82, 2.24) is 0 Å². The van der Waals surface area contributed by atoms with Gasteiger partial charge in [-0.2, -0.15) is 0 Å². The Bertz CT molecular complexity index is 447. The number of carbonyl (C=O) groups excluding carboxylic acids is 2. The molecule has 1 aliphatic rings. The van der Waals surface area contributed by atoms with E-state index in [2.05, 4.69) is 15.9 Å². The minimum Gasteiger partial charge on any atom is -0.305 e. The Kier molecular flexibility index (Phi) is 2.56. The SMILES string of the molecule is O=C1CCN(c2ccc(F)c(Br)c2)C1=O. The molecule has 0 radical (unpaired) electrons. The Morgan fingerprint density at radius 2 is 2.07 bits per heavy atom. The monoisotopic (exact) mass is 271 g/mol. The second-order valence-corrected chi connectivity index (χ2v) is 4.08. The van der Waals surface area contributed by atoms with E-state index < -0.39 is 17.5 Å². The fraction of sp³-hybridized carbons (Fsp3) is 0.200. The second kappa shape index (κ2) is 3.73. The van der Waals surface area contributed by atoms with E-state index in [1.165, 1.54) is 23.1 Å². The number of amides is 1. The van der Waals surface area contributed by atoms with Crippen LogP contribution in [0.25, 0.3) is 0 Å². The highest BCUT2D eigenvalue weighted by Crippen LogP contribution is 2.25. The molecule has 0 aromatic heterocycles. The summed E-state index contributed by atoms with van der Waals surface area (Å²) in [5.41, 5.74) is 0.541. The van der Waals surface area contributed by atoms with Crippen LogP contribution in [-0.2, 0) is 9.59 Å². The van der Waals surface area contributed by atoms with Crippen LogP contribution in [0, 0.1) is 5.82 Å². The van der Waals surface area contributed by atoms with Gasteiger partial charge in [0.15, 0.2) is 0 Å². The molecule has 15 heavy (non-hydrogen) atoms. The highest BCUT2D eigenvalue weighted by atomic mass is 79.9. The fourth-order valence-corrected chi connectivity index (χ4v) is 1.84. The van der Waals surface area contributed by atoms with Gasteiger partial charge >= 0.3 is 0 Å². The summed E-state index contributed by atoms with van der Waals surface area (Å²) in [6.07, 6.45) is 0.230. The van der Waals surface area contributed by atoms with E-state index in [1.54, 1.807) is 0 Å². The normalized spacial score (nSPS) is 16.3. The molecule has 1 saturated heterocycles. The maximum atomic E-state index is 12.9. The number of Topliss-reactive ketones (excluding diaryl/α,β-unsaturated/α-hetero) is 1. The number of carbonyl (C=O) groups is 2. The number of hydrogen-bond donors (Lipinski definition) is 0. The number of anilines is 1. The number of rotatable bonds is 1. The molecule has 0 spiro atoms.